The fourth-order valence-electron chi connectivity index (χ4n) is 1.86. The Morgan fingerprint density at radius 3 is 2.62 bits per heavy atom. The quantitative estimate of drug-likeness (QED) is 0.814. The number of anilines is 2. The van der Waals surface area contributed by atoms with Crippen LogP contribution in [0, 0.1) is 0 Å². The Labute approximate surface area is 132 Å². The molecule has 0 aliphatic carbocycles. The molecule has 2 heterocycles. The molecule has 7 nitrogen and oxygen atoms in total. The molecule has 4 N–H and O–H groups in total. The minimum Gasteiger partial charge on any atom is -0.488 e. The van der Waals surface area contributed by atoms with E-state index in [2.05, 4.69) is 15.1 Å². The van der Waals surface area contributed by atoms with Crippen molar-refractivity contribution in [2.24, 2.45) is 7.05 Å². The molecule has 1 atom stereocenters. The second-order valence-electron chi connectivity index (χ2n) is 4.67. The number of aryl methyl sites for hydroxylation is 1. The van der Waals surface area contributed by atoms with Gasteiger partial charge in [0.15, 0.2) is 11.6 Å². The lowest BCUT2D eigenvalue weighted by Crippen LogP contribution is -2.08. The first-order valence-electron chi connectivity index (χ1n) is 6.28. The monoisotopic (exact) mass is 330 g/mol. The van der Waals surface area contributed by atoms with Crippen LogP contribution in [0.2, 0.25) is 10.3 Å². The standard InChI is InChI=1S/C12H16Cl2N6O/c1-6(9-8(13)11(16)18-12(14)17-9)3-4-21-7-5-20(2)19-10(7)15/h5-6H,3-4H2,1-2H3,(H2,15,19)(H2,16,17,18). The SMILES string of the molecule is CC(CCOc1cn(C)nc1N)c1nc(Cl)nc(N)c1Cl. The van der Waals surface area contributed by atoms with E-state index in [4.69, 9.17) is 39.4 Å². The van der Waals surface area contributed by atoms with Gasteiger partial charge < -0.3 is 16.2 Å². The first-order valence-corrected chi connectivity index (χ1v) is 7.04. The number of hydrogen-bond donors (Lipinski definition) is 2. The molecule has 114 valence electrons. The number of hydrogen-bond acceptors (Lipinski definition) is 6. The Bertz CT molecular complexity index is 645. The van der Waals surface area contributed by atoms with Crippen molar-refractivity contribution in [2.75, 3.05) is 18.1 Å². The molecule has 9 heteroatoms. The summed E-state index contributed by atoms with van der Waals surface area (Å²) in [6.07, 6.45) is 2.38. The fourth-order valence-corrected chi connectivity index (χ4v) is 2.31. The molecule has 0 saturated carbocycles. The van der Waals surface area contributed by atoms with Crippen molar-refractivity contribution in [3.05, 3.63) is 22.2 Å². The third-order valence-electron chi connectivity index (χ3n) is 2.97. The van der Waals surface area contributed by atoms with E-state index in [1.54, 1.807) is 17.9 Å². The number of ether oxygens (including phenoxy) is 1. The number of aromatic nitrogens is 4. The molecule has 0 amide bonds. The summed E-state index contributed by atoms with van der Waals surface area (Å²) in [6, 6.07) is 0. The van der Waals surface area contributed by atoms with Gasteiger partial charge in [-0.25, -0.2) is 4.98 Å². The molecule has 0 saturated heterocycles. The lowest BCUT2D eigenvalue weighted by atomic mass is 10.0. The molecule has 0 bridgehead atoms. The van der Waals surface area contributed by atoms with Gasteiger partial charge in [0.05, 0.1) is 18.5 Å². The largest absolute Gasteiger partial charge is 0.488 e. The van der Waals surface area contributed by atoms with Crippen LogP contribution in [0.15, 0.2) is 6.20 Å². The van der Waals surface area contributed by atoms with Crippen LogP contribution in [0.1, 0.15) is 25.0 Å². The van der Waals surface area contributed by atoms with Crippen LogP contribution in [-0.2, 0) is 7.05 Å². The molecule has 0 fully saturated rings. The molecule has 0 spiro atoms. The summed E-state index contributed by atoms with van der Waals surface area (Å²) in [4.78, 5) is 7.93. The van der Waals surface area contributed by atoms with E-state index < -0.39 is 0 Å². The Hall–Kier alpha value is -1.73. The first-order chi connectivity index (χ1) is 9.88. The summed E-state index contributed by atoms with van der Waals surface area (Å²) in [5.41, 5.74) is 12.0. The second kappa shape index (κ2) is 6.36. The number of halogens is 2. The van der Waals surface area contributed by atoms with Crippen molar-refractivity contribution in [2.45, 2.75) is 19.3 Å². The van der Waals surface area contributed by atoms with Crippen LogP contribution in [-0.4, -0.2) is 26.4 Å². The van der Waals surface area contributed by atoms with Gasteiger partial charge in [0.25, 0.3) is 0 Å². The molecule has 1 unspecified atom stereocenters. The Balaban J connectivity index is 1.99. The highest BCUT2D eigenvalue weighted by Crippen LogP contribution is 2.30. The zero-order chi connectivity index (χ0) is 15.6. The van der Waals surface area contributed by atoms with Crippen molar-refractivity contribution in [1.82, 2.24) is 19.7 Å². The third-order valence-corrected chi connectivity index (χ3v) is 3.53. The molecule has 2 aromatic rings. The van der Waals surface area contributed by atoms with E-state index >= 15 is 0 Å². The maximum absolute atomic E-state index is 6.10. The first kappa shape index (κ1) is 15.7. The van der Waals surface area contributed by atoms with Crippen molar-refractivity contribution in [3.8, 4) is 5.75 Å². The van der Waals surface area contributed by atoms with E-state index in [0.29, 0.717) is 35.3 Å². The van der Waals surface area contributed by atoms with Crippen LogP contribution in [0.3, 0.4) is 0 Å². The van der Waals surface area contributed by atoms with Crippen LogP contribution >= 0.6 is 23.2 Å². The smallest absolute Gasteiger partial charge is 0.224 e. The summed E-state index contributed by atoms with van der Waals surface area (Å²) >= 11 is 11.9. The van der Waals surface area contributed by atoms with Gasteiger partial charge in [-0.05, 0) is 18.0 Å². The molecule has 2 rings (SSSR count). The Kier molecular flexibility index (Phi) is 4.74. The average molecular weight is 331 g/mol. The minimum atomic E-state index is 0.0122. The van der Waals surface area contributed by atoms with Gasteiger partial charge in [-0.3, -0.25) is 4.68 Å². The molecule has 2 aromatic heterocycles. The Morgan fingerprint density at radius 1 is 1.29 bits per heavy atom. The number of nitrogens with zero attached hydrogens (tertiary/aromatic N) is 4. The van der Waals surface area contributed by atoms with Crippen LogP contribution in [0.25, 0.3) is 0 Å². The highest BCUT2D eigenvalue weighted by atomic mass is 35.5. The van der Waals surface area contributed by atoms with Gasteiger partial charge in [-0.15, -0.1) is 0 Å². The molecular formula is C12H16Cl2N6O. The van der Waals surface area contributed by atoms with Crippen molar-refractivity contribution >= 4 is 34.8 Å². The van der Waals surface area contributed by atoms with Crippen molar-refractivity contribution < 1.29 is 4.74 Å². The molecule has 0 aliphatic rings. The zero-order valence-electron chi connectivity index (χ0n) is 11.7. The Morgan fingerprint density at radius 2 is 2.00 bits per heavy atom. The molecule has 0 radical (unpaired) electrons. The lowest BCUT2D eigenvalue weighted by Gasteiger charge is -2.14. The number of nitrogen functional groups attached to an aromatic ring is 2. The highest BCUT2D eigenvalue weighted by molar-refractivity contribution is 6.34. The maximum atomic E-state index is 6.10. The van der Waals surface area contributed by atoms with E-state index in [1.165, 1.54) is 0 Å². The molecule has 21 heavy (non-hydrogen) atoms. The van der Waals surface area contributed by atoms with Crippen molar-refractivity contribution in [3.63, 3.8) is 0 Å². The average Bonchev–Trinajstić information content (AvgIpc) is 2.72. The minimum absolute atomic E-state index is 0.0122. The third kappa shape index (κ3) is 3.68. The normalized spacial score (nSPS) is 12.4. The van der Waals surface area contributed by atoms with E-state index in [-0.39, 0.29) is 17.0 Å². The van der Waals surface area contributed by atoms with Crippen LogP contribution < -0.4 is 16.2 Å². The topological polar surface area (TPSA) is 105 Å². The van der Waals surface area contributed by atoms with E-state index in [9.17, 15) is 0 Å². The van der Waals surface area contributed by atoms with Gasteiger partial charge in [0, 0.05) is 13.0 Å². The molecule has 0 aliphatic heterocycles. The van der Waals surface area contributed by atoms with Gasteiger partial charge in [0.1, 0.15) is 10.8 Å². The second-order valence-corrected chi connectivity index (χ2v) is 5.38. The van der Waals surface area contributed by atoms with Crippen LogP contribution in [0.4, 0.5) is 11.6 Å². The number of rotatable bonds is 5. The molecular weight excluding hydrogens is 315 g/mol. The lowest BCUT2D eigenvalue weighted by molar-refractivity contribution is 0.301. The van der Waals surface area contributed by atoms with E-state index in [1.807, 2.05) is 6.92 Å². The summed E-state index contributed by atoms with van der Waals surface area (Å²) < 4.78 is 7.18. The van der Waals surface area contributed by atoms with Gasteiger partial charge in [-0.2, -0.15) is 10.1 Å². The van der Waals surface area contributed by atoms with Gasteiger partial charge >= 0.3 is 0 Å². The predicted octanol–water partition coefficient (Wildman–Crippen LogP) is 2.25. The highest BCUT2D eigenvalue weighted by Gasteiger charge is 2.16. The number of nitrogens with two attached hydrogens (primary N) is 2. The maximum Gasteiger partial charge on any atom is 0.224 e. The predicted molar refractivity (Wildman–Crippen MR) is 82.6 cm³/mol. The summed E-state index contributed by atoms with van der Waals surface area (Å²) in [6.45, 7) is 2.40. The summed E-state index contributed by atoms with van der Waals surface area (Å²) in [7, 11) is 1.78. The summed E-state index contributed by atoms with van der Waals surface area (Å²) in [5, 5.41) is 4.40. The van der Waals surface area contributed by atoms with Crippen molar-refractivity contribution in [1.29, 1.82) is 0 Å². The zero-order valence-corrected chi connectivity index (χ0v) is 13.2. The van der Waals surface area contributed by atoms with Gasteiger partial charge in [-0.1, -0.05) is 18.5 Å². The van der Waals surface area contributed by atoms with Crippen LogP contribution in [0.5, 0.6) is 5.75 Å². The fraction of sp³-hybridized carbons (Fsp3) is 0.417. The van der Waals surface area contributed by atoms with Gasteiger partial charge in [0.2, 0.25) is 5.28 Å². The molecule has 0 aromatic carbocycles. The summed E-state index contributed by atoms with van der Waals surface area (Å²) in [5.74, 6) is 1.10. The van der Waals surface area contributed by atoms with E-state index in [0.717, 1.165) is 0 Å².